The Kier molecular flexibility index (Phi) is 12.5. The summed E-state index contributed by atoms with van der Waals surface area (Å²) >= 11 is 11.8. The van der Waals surface area contributed by atoms with E-state index in [1.807, 2.05) is 0 Å². The number of nitrogens with one attached hydrogen (secondary N) is 3. The molecule has 2 aromatic carbocycles. The highest BCUT2D eigenvalue weighted by Gasteiger charge is 2.51. The average Bonchev–Trinajstić information content (AvgIpc) is 2.88. The van der Waals surface area contributed by atoms with Gasteiger partial charge < -0.3 is 20.7 Å². The number of hydrogen-bond donors (Lipinski definition) is 3. The maximum absolute atomic E-state index is 14.7. The first-order chi connectivity index (χ1) is 19.5. The Morgan fingerprint density at radius 1 is 0.905 bits per heavy atom. The summed E-state index contributed by atoms with van der Waals surface area (Å²) in [6.07, 6.45) is -6.41. The van der Waals surface area contributed by atoms with E-state index in [-0.39, 0.29) is 22.2 Å². The summed E-state index contributed by atoms with van der Waals surface area (Å²) in [5.41, 5.74) is 0.572. The topological polar surface area (TPSA) is 114 Å². The van der Waals surface area contributed by atoms with Gasteiger partial charge in [-0.1, -0.05) is 67.4 Å². The summed E-state index contributed by atoms with van der Waals surface area (Å²) in [6.45, 7) is 0.876. The highest BCUT2D eigenvalue weighted by atomic mass is 35.5. The molecule has 3 amide bonds. The standard InChI is InChI=1S/C27H28Cl2F5N3O5/c1-15(2)22(23(39)27(33,34)25(41)35-9-8-26(30,31)32)37-24(40)20(10-16-6-4-3-5-7-16)36-21(38)14-42-19-12-17(28)11-18(29)13-19/h3-7,11-13,15,20,22H,8-10,14H2,1-2H3,(H,35,41)(H,36,38)(H,37,40)/t20?,22-/m0/s1. The van der Waals surface area contributed by atoms with E-state index in [4.69, 9.17) is 27.9 Å². The number of rotatable bonds is 14. The number of carbonyl (C=O) groups is 4. The van der Waals surface area contributed by atoms with Crippen LogP contribution in [0, 0.1) is 5.92 Å². The summed E-state index contributed by atoms with van der Waals surface area (Å²) in [7, 11) is 0. The number of amides is 3. The number of hydrogen-bond acceptors (Lipinski definition) is 5. The first-order valence-corrected chi connectivity index (χ1v) is 13.2. The van der Waals surface area contributed by atoms with E-state index in [0.717, 1.165) is 0 Å². The molecule has 0 aromatic heterocycles. The van der Waals surface area contributed by atoms with Gasteiger partial charge in [-0.05, 0) is 29.7 Å². The number of halogens is 7. The van der Waals surface area contributed by atoms with Crippen molar-refractivity contribution in [2.24, 2.45) is 5.92 Å². The van der Waals surface area contributed by atoms with Crippen molar-refractivity contribution in [3.63, 3.8) is 0 Å². The normalized spacial score (nSPS) is 13.2. The molecule has 0 aliphatic rings. The SMILES string of the molecule is CC(C)[C@H](NC(=O)C(Cc1ccccc1)NC(=O)COc1cc(Cl)cc(Cl)c1)C(=O)C(F)(F)C(=O)NCCC(F)(F)F. The molecule has 1 unspecified atom stereocenters. The fourth-order valence-electron chi connectivity index (χ4n) is 3.58. The molecule has 0 fully saturated rings. The second-order valence-corrected chi connectivity index (χ2v) is 10.4. The number of alkyl halides is 5. The van der Waals surface area contributed by atoms with Crippen LogP contribution in [0.1, 0.15) is 25.8 Å². The van der Waals surface area contributed by atoms with Crippen molar-refractivity contribution in [1.29, 1.82) is 0 Å². The van der Waals surface area contributed by atoms with Crippen molar-refractivity contribution in [3.05, 3.63) is 64.1 Å². The number of Topliss-reactive ketones (excluding diaryl/α,β-unsaturated/α-hetero) is 1. The Labute approximate surface area is 248 Å². The van der Waals surface area contributed by atoms with E-state index in [9.17, 15) is 41.1 Å². The first kappa shape index (κ1) is 34.7. The van der Waals surface area contributed by atoms with Gasteiger partial charge in [0.15, 0.2) is 6.61 Å². The smallest absolute Gasteiger partial charge is 0.390 e. The molecule has 0 aliphatic heterocycles. The minimum Gasteiger partial charge on any atom is -0.484 e. The molecule has 0 heterocycles. The molecule has 0 aliphatic carbocycles. The molecular formula is C27H28Cl2F5N3O5. The minimum atomic E-state index is -4.75. The Hall–Kier alpha value is -3.45. The molecule has 230 valence electrons. The third kappa shape index (κ3) is 11.1. The molecule has 15 heteroatoms. The van der Waals surface area contributed by atoms with Gasteiger partial charge in [0.25, 0.3) is 11.8 Å². The van der Waals surface area contributed by atoms with E-state index in [2.05, 4.69) is 10.6 Å². The monoisotopic (exact) mass is 639 g/mol. The van der Waals surface area contributed by atoms with Gasteiger partial charge in [-0.25, -0.2) is 0 Å². The third-order valence-electron chi connectivity index (χ3n) is 5.68. The first-order valence-electron chi connectivity index (χ1n) is 12.5. The third-order valence-corrected chi connectivity index (χ3v) is 6.11. The van der Waals surface area contributed by atoms with Crippen molar-refractivity contribution < 1.29 is 45.9 Å². The van der Waals surface area contributed by atoms with Crippen molar-refractivity contribution in [1.82, 2.24) is 16.0 Å². The van der Waals surface area contributed by atoms with Crippen LogP contribution in [-0.2, 0) is 25.6 Å². The molecule has 2 rings (SSSR count). The van der Waals surface area contributed by atoms with E-state index in [0.29, 0.717) is 5.56 Å². The molecule has 8 nitrogen and oxygen atoms in total. The minimum absolute atomic E-state index is 0.116. The van der Waals surface area contributed by atoms with Crippen LogP contribution in [-0.4, -0.2) is 60.8 Å². The number of ether oxygens (including phenoxy) is 1. The lowest BCUT2D eigenvalue weighted by Crippen LogP contribution is -2.59. The number of ketones is 1. The van der Waals surface area contributed by atoms with Crippen molar-refractivity contribution in [2.75, 3.05) is 13.2 Å². The molecule has 0 spiro atoms. The molecular weight excluding hydrogens is 612 g/mol. The molecule has 3 N–H and O–H groups in total. The lowest BCUT2D eigenvalue weighted by Gasteiger charge is -2.27. The number of benzene rings is 2. The van der Waals surface area contributed by atoms with E-state index < -0.39 is 73.2 Å². The predicted octanol–water partition coefficient (Wildman–Crippen LogP) is 4.51. The predicted molar refractivity (Wildman–Crippen MR) is 144 cm³/mol. The summed E-state index contributed by atoms with van der Waals surface area (Å²) in [4.78, 5) is 50.5. The lowest BCUT2D eigenvalue weighted by molar-refractivity contribution is -0.162. The van der Waals surface area contributed by atoms with Crippen LogP contribution in [0.2, 0.25) is 10.0 Å². The molecule has 0 radical (unpaired) electrons. The zero-order chi connectivity index (χ0) is 31.7. The second kappa shape index (κ2) is 15.1. The van der Waals surface area contributed by atoms with Crippen LogP contribution in [0.3, 0.4) is 0 Å². The van der Waals surface area contributed by atoms with E-state index in [1.165, 1.54) is 37.4 Å². The van der Waals surface area contributed by atoms with Crippen LogP contribution >= 0.6 is 23.2 Å². The van der Waals surface area contributed by atoms with Gasteiger partial charge in [-0.2, -0.15) is 22.0 Å². The van der Waals surface area contributed by atoms with Crippen molar-refractivity contribution >= 4 is 46.7 Å². The Morgan fingerprint density at radius 3 is 2.05 bits per heavy atom. The highest BCUT2D eigenvalue weighted by molar-refractivity contribution is 6.34. The number of carbonyl (C=O) groups excluding carboxylic acids is 4. The largest absolute Gasteiger partial charge is 0.484 e. The quantitative estimate of drug-likeness (QED) is 0.208. The Bertz CT molecular complexity index is 1240. The van der Waals surface area contributed by atoms with Crippen molar-refractivity contribution in [3.8, 4) is 5.75 Å². The van der Waals surface area contributed by atoms with Gasteiger partial charge in [-0.15, -0.1) is 0 Å². The Balaban J connectivity index is 2.18. The fourth-order valence-corrected chi connectivity index (χ4v) is 4.09. The summed E-state index contributed by atoms with van der Waals surface area (Å²) in [6, 6.07) is 9.24. The average molecular weight is 640 g/mol. The summed E-state index contributed by atoms with van der Waals surface area (Å²) in [5, 5.41) is 6.46. The molecule has 2 aromatic rings. The van der Waals surface area contributed by atoms with Gasteiger partial charge in [0.05, 0.1) is 12.5 Å². The summed E-state index contributed by atoms with van der Waals surface area (Å²) < 4.78 is 71.7. The van der Waals surface area contributed by atoms with Gasteiger partial charge >= 0.3 is 12.1 Å². The highest BCUT2D eigenvalue weighted by Crippen LogP contribution is 2.24. The van der Waals surface area contributed by atoms with Crippen LogP contribution < -0.4 is 20.7 Å². The van der Waals surface area contributed by atoms with Crippen LogP contribution in [0.4, 0.5) is 22.0 Å². The maximum Gasteiger partial charge on any atom is 0.390 e. The molecule has 42 heavy (non-hydrogen) atoms. The van der Waals surface area contributed by atoms with E-state index in [1.54, 1.807) is 30.3 Å². The van der Waals surface area contributed by atoms with Crippen molar-refractivity contribution in [2.45, 2.75) is 50.9 Å². The van der Waals surface area contributed by atoms with Gasteiger partial charge in [0, 0.05) is 23.0 Å². The molecule has 0 saturated heterocycles. The molecule has 0 saturated carbocycles. The van der Waals surface area contributed by atoms with Crippen LogP contribution in [0.5, 0.6) is 5.75 Å². The van der Waals surface area contributed by atoms with Crippen LogP contribution in [0.25, 0.3) is 0 Å². The Morgan fingerprint density at radius 2 is 1.50 bits per heavy atom. The van der Waals surface area contributed by atoms with Gasteiger partial charge in [0.2, 0.25) is 11.7 Å². The maximum atomic E-state index is 14.7. The zero-order valence-corrected chi connectivity index (χ0v) is 23.9. The zero-order valence-electron chi connectivity index (χ0n) is 22.4. The van der Waals surface area contributed by atoms with Gasteiger partial charge in [0.1, 0.15) is 11.8 Å². The lowest BCUT2D eigenvalue weighted by atomic mass is 9.94. The van der Waals surface area contributed by atoms with Crippen LogP contribution in [0.15, 0.2) is 48.5 Å². The molecule has 2 atom stereocenters. The summed E-state index contributed by atoms with van der Waals surface area (Å²) in [5.74, 6) is -11.6. The fraction of sp³-hybridized carbons (Fsp3) is 0.407. The second-order valence-electron chi connectivity index (χ2n) is 9.49. The van der Waals surface area contributed by atoms with E-state index >= 15 is 0 Å². The molecule has 0 bridgehead atoms. The van der Waals surface area contributed by atoms with Gasteiger partial charge in [-0.3, -0.25) is 19.2 Å².